The average Bonchev–Trinajstić information content (AvgIpc) is 3.13. The highest BCUT2D eigenvalue weighted by atomic mass is 16.3. The zero-order chi connectivity index (χ0) is 15.1. The maximum Gasteiger partial charge on any atom is 0.272 e. The Kier molecular flexibility index (Phi) is 3.78. The van der Waals surface area contributed by atoms with Crippen LogP contribution < -0.4 is 0 Å². The molecule has 1 saturated carbocycles. The summed E-state index contributed by atoms with van der Waals surface area (Å²) in [7, 11) is 0. The van der Waals surface area contributed by atoms with Gasteiger partial charge in [0, 0.05) is 25.6 Å². The third-order valence-corrected chi connectivity index (χ3v) is 5.02. The van der Waals surface area contributed by atoms with Crippen LogP contribution in [0.4, 0.5) is 0 Å². The SMILES string of the molecule is CCn1nc(C(C)C)cc1C(=O)N1CC2CCC(O)C2C1. The van der Waals surface area contributed by atoms with Crippen molar-refractivity contribution < 1.29 is 9.90 Å². The lowest BCUT2D eigenvalue weighted by Crippen LogP contribution is -2.32. The van der Waals surface area contributed by atoms with Gasteiger partial charge in [-0.2, -0.15) is 5.10 Å². The van der Waals surface area contributed by atoms with E-state index in [1.54, 1.807) is 0 Å². The molecule has 116 valence electrons. The second kappa shape index (κ2) is 5.44. The molecule has 0 bridgehead atoms. The first-order valence-corrected chi connectivity index (χ1v) is 8.06. The smallest absolute Gasteiger partial charge is 0.272 e. The highest BCUT2D eigenvalue weighted by Gasteiger charge is 2.43. The van der Waals surface area contributed by atoms with E-state index in [9.17, 15) is 9.90 Å². The summed E-state index contributed by atoms with van der Waals surface area (Å²) < 4.78 is 1.81. The summed E-state index contributed by atoms with van der Waals surface area (Å²) >= 11 is 0. The molecule has 21 heavy (non-hydrogen) atoms. The first-order chi connectivity index (χ1) is 10.0. The van der Waals surface area contributed by atoms with Gasteiger partial charge in [-0.1, -0.05) is 13.8 Å². The number of carbonyl (C=O) groups is 1. The Hall–Kier alpha value is -1.36. The van der Waals surface area contributed by atoms with Gasteiger partial charge in [0.05, 0.1) is 11.8 Å². The molecular formula is C16H25N3O2. The first-order valence-electron chi connectivity index (χ1n) is 8.06. The molecule has 1 aromatic heterocycles. The highest BCUT2D eigenvalue weighted by Crippen LogP contribution is 2.38. The van der Waals surface area contributed by atoms with Gasteiger partial charge in [-0.25, -0.2) is 0 Å². The predicted octanol–water partition coefficient (Wildman–Crippen LogP) is 1.87. The van der Waals surface area contributed by atoms with E-state index in [1.165, 1.54) is 0 Å². The summed E-state index contributed by atoms with van der Waals surface area (Å²) in [5.41, 5.74) is 1.66. The van der Waals surface area contributed by atoms with E-state index >= 15 is 0 Å². The van der Waals surface area contributed by atoms with Crippen molar-refractivity contribution in [2.45, 2.75) is 52.2 Å². The molecule has 1 aliphatic heterocycles. The standard InChI is InChI=1S/C16H25N3O2/c1-4-19-14(7-13(17-19)10(2)3)16(21)18-8-11-5-6-15(20)12(11)9-18/h7,10-12,15,20H,4-6,8-9H2,1-3H3. The van der Waals surface area contributed by atoms with Gasteiger partial charge in [-0.15, -0.1) is 0 Å². The number of fused-ring (bicyclic) bond motifs is 1. The Morgan fingerprint density at radius 1 is 1.43 bits per heavy atom. The molecule has 1 aromatic rings. The van der Waals surface area contributed by atoms with Crippen molar-refractivity contribution >= 4 is 5.91 Å². The molecule has 1 aliphatic carbocycles. The fraction of sp³-hybridized carbons (Fsp3) is 0.750. The summed E-state index contributed by atoms with van der Waals surface area (Å²) in [5.74, 6) is 1.14. The summed E-state index contributed by atoms with van der Waals surface area (Å²) in [6.07, 6.45) is 1.71. The molecule has 1 N–H and O–H groups in total. The molecule has 3 atom stereocenters. The van der Waals surface area contributed by atoms with Crippen LogP contribution in [0.15, 0.2) is 6.07 Å². The quantitative estimate of drug-likeness (QED) is 0.925. The number of hydrogen-bond acceptors (Lipinski definition) is 3. The normalized spacial score (nSPS) is 28.4. The number of nitrogens with zero attached hydrogens (tertiary/aromatic N) is 3. The molecule has 3 rings (SSSR count). The minimum atomic E-state index is -0.227. The lowest BCUT2D eigenvalue weighted by molar-refractivity contribution is 0.0740. The number of hydrogen-bond donors (Lipinski definition) is 1. The number of likely N-dealkylation sites (tertiary alicyclic amines) is 1. The van der Waals surface area contributed by atoms with Crippen LogP contribution in [0.1, 0.15) is 55.7 Å². The van der Waals surface area contributed by atoms with Crippen molar-refractivity contribution in [1.29, 1.82) is 0 Å². The van der Waals surface area contributed by atoms with Gasteiger partial charge in [0.1, 0.15) is 5.69 Å². The Labute approximate surface area is 125 Å². The Bertz CT molecular complexity index is 538. The molecule has 1 amide bonds. The number of aryl methyl sites for hydroxylation is 1. The molecule has 2 aliphatic rings. The van der Waals surface area contributed by atoms with Crippen LogP contribution in [0.3, 0.4) is 0 Å². The van der Waals surface area contributed by atoms with Gasteiger partial charge in [0.25, 0.3) is 5.91 Å². The minimum Gasteiger partial charge on any atom is -0.393 e. The first kappa shape index (κ1) is 14.6. The largest absolute Gasteiger partial charge is 0.393 e. The summed E-state index contributed by atoms with van der Waals surface area (Å²) in [4.78, 5) is 14.7. The molecule has 0 aromatic carbocycles. The second-order valence-corrected chi connectivity index (χ2v) is 6.70. The lowest BCUT2D eigenvalue weighted by atomic mass is 10.00. The highest BCUT2D eigenvalue weighted by molar-refractivity contribution is 5.93. The summed E-state index contributed by atoms with van der Waals surface area (Å²) in [5, 5.41) is 14.5. The summed E-state index contributed by atoms with van der Waals surface area (Å²) in [6, 6.07) is 1.93. The molecule has 2 fully saturated rings. The number of aromatic nitrogens is 2. The van der Waals surface area contributed by atoms with Crippen molar-refractivity contribution in [3.63, 3.8) is 0 Å². The Morgan fingerprint density at radius 3 is 2.81 bits per heavy atom. The third kappa shape index (κ3) is 2.48. The van der Waals surface area contributed by atoms with Crippen LogP contribution >= 0.6 is 0 Å². The van der Waals surface area contributed by atoms with Crippen LogP contribution in [-0.2, 0) is 6.54 Å². The van der Waals surface area contributed by atoms with Crippen LogP contribution in [0.25, 0.3) is 0 Å². The lowest BCUT2D eigenvalue weighted by Gasteiger charge is -2.18. The Morgan fingerprint density at radius 2 is 2.19 bits per heavy atom. The van der Waals surface area contributed by atoms with Crippen LogP contribution in [-0.4, -0.2) is 44.9 Å². The van der Waals surface area contributed by atoms with E-state index in [2.05, 4.69) is 18.9 Å². The topological polar surface area (TPSA) is 58.4 Å². The average molecular weight is 291 g/mol. The van der Waals surface area contributed by atoms with Crippen molar-refractivity contribution in [2.24, 2.45) is 11.8 Å². The molecule has 5 heteroatoms. The number of amides is 1. The van der Waals surface area contributed by atoms with Gasteiger partial charge in [0.15, 0.2) is 0 Å². The maximum absolute atomic E-state index is 12.8. The van der Waals surface area contributed by atoms with Gasteiger partial charge in [0.2, 0.25) is 0 Å². The third-order valence-electron chi connectivity index (χ3n) is 5.02. The number of aliphatic hydroxyl groups is 1. The maximum atomic E-state index is 12.8. The molecule has 0 spiro atoms. The van der Waals surface area contributed by atoms with Crippen LogP contribution in [0, 0.1) is 11.8 Å². The van der Waals surface area contributed by atoms with E-state index in [4.69, 9.17) is 0 Å². The predicted molar refractivity (Wildman–Crippen MR) is 80.1 cm³/mol. The van der Waals surface area contributed by atoms with E-state index in [1.807, 2.05) is 22.6 Å². The van der Waals surface area contributed by atoms with Gasteiger partial charge in [-0.05, 0) is 37.7 Å². The van der Waals surface area contributed by atoms with Crippen molar-refractivity contribution in [3.8, 4) is 0 Å². The van der Waals surface area contributed by atoms with Crippen LogP contribution in [0.2, 0.25) is 0 Å². The molecule has 3 unspecified atom stereocenters. The fourth-order valence-corrected chi connectivity index (χ4v) is 3.70. The summed E-state index contributed by atoms with van der Waals surface area (Å²) in [6.45, 7) is 8.37. The number of aliphatic hydroxyl groups excluding tert-OH is 1. The zero-order valence-electron chi connectivity index (χ0n) is 13.1. The fourth-order valence-electron chi connectivity index (χ4n) is 3.70. The van der Waals surface area contributed by atoms with Crippen molar-refractivity contribution in [1.82, 2.24) is 14.7 Å². The van der Waals surface area contributed by atoms with Gasteiger partial charge in [-0.3, -0.25) is 9.48 Å². The Balaban J connectivity index is 1.80. The number of rotatable bonds is 3. The van der Waals surface area contributed by atoms with Crippen LogP contribution in [0.5, 0.6) is 0 Å². The van der Waals surface area contributed by atoms with E-state index < -0.39 is 0 Å². The monoisotopic (exact) mass is 291 g/mol. The van der Waals surface area contributed by atoms with Crippen molar-refractivity contribution in [2.75, 3.05) is 13.1 Å². The molecule has 1 saturated heterocycles. The van der Waals surface area contributed by atoms with Crippen molar-refractivity contribution in [3.05, 3.63) is 17.5 Å². The van der Waals surface area contributed by atoms with E-state index in [0.717, 1.165) is 25.1 Å². The second-order valence-electron chi connectivity index (χ2n) is 6.70. The molecule has 5 nitrogen and oxygen atoms in total. The van der Waals surface area contributed by atoms with E-state index in [0.29, 0.717) is 30.6 Å². The van der Waals surface area contributed by atoms with Gasteiger partial charge < -0.3 is 10.0 Å². The molecule has 2 heterocycles. The molecule has 0 radical (unpaired) electrons. The van der Waals surface area contributed by atoms with E-state index in [-0.39, 0.29) is 17.9 Å². The van der Waals surface area contributed by atoms with Gasteiger partial charge >= 0.3 is 0 Å². The zero-order valence-corrected chi connectivity index (χ0v) is 13.1. The minimum absolute atomic E-state index is 0.0675. The number of carbonyl (C=O) groups excluding carboxylic acids is 1. The molecular weight excluding hydrogens is 266 g/mol.